The highest BCUT2D eigenvalue weighted by Crippen LogP contribution is 2.04. The zero-order chi connectivity index (χ0) is 10.5. The molecule has 0 radical (unpaired) electrons. The third-order valence-electron chi connectivity index (χ3n) is 2.42. The third kappa shape index (κ3) is 2.65. The van der Waals surface area contributed by atoms with Crippen LogP contribution in [0.1, 0.15) is 18.2 Å². The lowest BCUT2D eigenvalue weighted by atomic mass is 10.1. The molecular formula is C12H15N3. The van der Waals surface area contributed by atoms with E-state index >= 15 is 0 Å². The molecule has 0 amide bonds. The maximum Gasteiger partial charge on any atom is 0.0830 e. The Balaban J connectivity index is 1.93. The van der Waals surface area contributed by atoms with Crippen LogP contribution in [0.5, 0.6) is 0 Å². The van der Waals surface area contributed by atoms with Crippen LogP contribution in [0.3, 0.4) is 0 Å². The largest absolute Gasteiger partial charge is 0.253 e. The van der Waals surface area contributed by atoms with E-state index in [4.69, 9.17) is 0 Å². The second kappa shape index (κ2) is 4.73. The van der Waals surface area contributed by atoms with Crippen molar-refractivity contribution in [3.05, 3.63) is 47.8 Å². The third-order valence-corrected chi connectivity index (χ3v) is 2.42. The van der Waals surface area contributed by atoms with Crippen molar-refractivity contribution in [1.82, 2.24) is 15.0 Å². The maximum absolute atomic E-state index is 4.12. The fourth-order valence-corrected chi connectivity index (χ4v) is 1.52. The molecule has 1 aromatic heterocycles. The van der Waals surface area contributed by atoms with Crippen LogP contribution >= 0.6 is 0 Å². The minimum absolute atomic E-state index is 0.887. The van der Waals surface area contributed by atoms with Crippen LogP contribution in [0.4, 0.5) is 0 Å². The van der Waals surface area contributed by atoms with E-state index in [9.17, 15) is 0 Å². The number of aryl methyl sites for hydroxylation is 3. The summed E-state index contributed by atoms with van der Waals surface area (Å²) in [4.78, 5) is 0. The second-order valence-electron chi connectivity index (χ2n) is 3.55. The number of rotatable bonds is 4. The van der Waals surface area contributed by atoms with Crippen LogP contribution in [0, 0.1) is 0 Å². The summed E-state index contributed by atoms with van der Waals surface area (Å²) < 4.78 is 1.86. The van der Waals surface area contributed by atoms with Crippen molar-refractivity contribution in [2.45, 2.75) is 26.3 Å². The van der Waals surface area contributed by atoms with E-state index in [2.05, 4.69) is 41.5 Å². The number of benzene rings is 1. The van der Waals surface area contributed by atoms with Crippen molar-refractivity contribution < 1.29 is 0 Å². The highest BCUT2D eigenvalue weighted by molar-refractivity contribution is 5.15. The van der Waals surface area contributed by atoms with Gasteiger partial charge in [0.15, 0.2) is 0 Å². The second-order valence-corrected chi connectivity index (χ2v) is 3.55. The number of nitrogens with zero attached hydrogens (tertiary/aromatic N) is 3. The van der Waals surface area contributed by atoms with Gasteiger partial charge in [0.2, 0.25) is 0 Å². The predicted molar refractivity (Wildman–Crippen MR) is 59.5 cm³/mol. The molecule has 1 aromatic carbocycles. The Labute approximate surface area is 89.7 Å². The van der Waals surface area contributed by atoms with Gasteiger partial charge in [0.25, 0.3) is 0 Å². The van der Waals surface area contributed by atoms with Crippen LogP contribution in [-0.4, -0.2) is 15.0 Å². The van der Waals surface area contributed by atoms with E-state index in [0.29, 0.717) is 0 Å². The van der Waals surface area contributed by atoms with E-state index in [0.717, 1.165) is 25.1 Å². The van der Waals surface area contributed by atoms with Gasteiger partial charge in [0.1, 0.15) is 0 Å². The first-order valence-corrected chi connectivity index (χ1v) is 5.31. The summed E-state index contributed by atoms with van der Waals surface area (Å²) in [6.07, 6.45) is 4.01. The number of hydrogen-bond donors (Lipinski definition) is 0. The summed E-state index contributed by atoms with van der Waals surface area (Å²) in [5, 5.41) is 8.13. The van der Waals surface area contributed by atoms with Gasteiger partial charge in [-0.3, -0.25) is 4.68 Å². The summed E-state index contributed by atoms with van der Waals surface area (Å²) in [6, 6.07) is 10.5. The quantitative estimate of drug-likeness (QED) is 0.758. The topological polar surface area (TPSA) is 30.7 Å². The van der Waals surface area contributed by atoms with Crippen molar-refractivity contribution in [3.8, 4) is 0 Å². The van der Waals surface area contributed by atoms with Crippen LogP contribution < -0.4 is 0 Å². The Bertz CT molecular complexity index is 406. The minimum atomic E-state index is 0.887. The summed E-state index contributed by atoms with van der Waals surface area (Å²) in [6.45, 7) is 2.95. The van der Waals surface area contributed by atoms with Crippen molar-refractivity contribution >= 4 is 0 Å². The Hall–Kier alpha value is -1.64. The molecule has 2 aromatic rings. The van der Waals surface area contributed by atoms with Gasteiger partial charge >= 0.3 is 0 Å². The Morgan fingerprint density at radius 1 is 1.13 bits per heavy atom. The molecule has 1 heterocycles. The van der Waals surface area contributed by atoms with E-state index < -0.39 is 0 Å². The molecule has 0 aliphatic rings. The molecule has 0 bridgehead atoms. The Kier molecular flexibility index (Phi) is 3.12. The molecule has 78 valence electrons. The summed E-state index contributed by atoms with van der Waals surface area (Å²) in [7, 11) is 0. The molecule has 0 unspecified atom stereocenters. The smallest absolute Gasteiger partial charge is 0.0830 e. The predicted octanol–water partition coefficient (Wildman–Crippen LogP) is 2.08. The van der Waals surface area contributed by atoms with Crippen LogP contribution in [-0.2, 0) is 19.4 Å². The molecule has 0 aliphatic heterocycles. The van der Waals surface area contributed by atoms with Crippen LogP contribution in [0.15, 0.2) is 36.5 Å². The van der Waals surface area contributed by atoms with E-state index in [1.165, 1.54) is 5.56 Å². The first kappa shape index (κ1) is 9.90. The first-order valence-electron chi connectivity index (χ1n) is 5.31. The van der Waals surface area contributed by atoms with Gasteiger partial charge in [-0.1, -0.05) is 35.5 Å². The standard InChI is InChI=1S/C12H15N3/c1-2-15-10-12(13-14-15)9-8-11-6-4-3-5-7-11/h3-7,10H,2,8-9H2,1H3. The average molecular weight is 201 g/mol. The van der Waals surface area contributed by atoms with Gasteiger partial charge in [0, 0.05) is 12.7 Å². The SMILES string of the molecule is CCn1cc(CCc2ccccc2)nn1. The van der Waals surface area contributed by atoms with E-state index in [1.807, 2.05) is 16.9 Å². The van der Waals surface area contributed by atoms with Crippen LogP contribution in [0.2, 0.25) is 0 Å². The molecule has 15 heavy (non-hydrogen) atoms. The van der Waals surface area contributed by atoms with Gasteiger partial charge < -0.3 is 0 Å². The maximum atomic E-state index is 4.12. The van der Waals surface area contributed by atoms with Crippen molar-refractivity contribution in [1.29, 1.82) is 0 Å². The normalized spacial score (nSPS) is 10.5. The zero-order valence-corrected chi connectivity index (χ0v) is 8.93. The highest BCUT2D eigenvalue weighted by Gasteiger charge is 1.99. The summed E-state index contributed by atoms with van der Waals surface area (Å²) in [5.41, 5.74) is 2.42. The first-order chi connectivity index (χ1) is 7.38. The minimum Gasteiger partial charge on any atom is -0.253 e. The van der Waals surface area contributed by atoms with Gasteiger partial charge in [-0.2, -0.15) is 0 Å². The lowest BCUT2D eigenvalue weighted by Gasteiger charge is -1.97. The fourth-order valence-electron chi connectivity index (χ4n) is 1.52. The van der Waals surface area contributed by atoms with Crippen molar-refractivity contribution in [2.75, 3.05) is 0 Å². The van der Waals surface area contributed by atoms with E-state index in [-0.39, 0.29) is 0 Å². The molecule has 0 fully saturated rings. The number of hydrogen-bond acceptors (Lipinski definition) is 2. The van der Waals surface area contributed by atoms with Crippen molar-refractivity contribution in [3.63, 3.8) is 0 Å². The van der Waals surface area contributed by atoms with Gasteiger partial charge in [-0.25, -0.2) is 0 Å². The lowest BCUT2D eigenvalue weighted by molar-refractivity contribution is 0.626. The van der Waals surface area contributed by atoms with Gasteiger partial charge in [-0.05, 0) is 25.3 Å². The van der Waals surface area contributed by atoms with E-state index in [1.54, 1.807) is 0 Å². The Morgan fingerprint density at radius 3 is 2.60 bits per heavy atom. The fraction of sp³-hybridized carbons (Fsp3) is 0.333. The lowest BCUT2D eigenvalue weighted by Crippen LogP contribution is -1.93. The molecule has 3 heteroatoms. The molecule has 0 spiro atoms. The molecule has 0 atom stereocenters. The molecule has 2 rings (SSSR count). The molecular weight excluding hydrogens is 186 g/mol. The van der Waals surface area contributed by atoms with Crippen LogP contribution in [0.25, 0.3) is 0 Å². The van der Waals surface area contributed by atoms with Gasteiger partial charge in [0.05, 0.1) is 5.69 Å². The molecule has 3 nitrogen and oxygen atoms in total. The monoisotopic (exact) mass is 201 g/mol. The highest BCUT2D eigenvalue weighted by atomic mass is 15.4. The summed E-state index contributed by atoms with van der Waals surface area (Å²) >= 11 is 0. The molecule has 0 N–H and O–H groups in total. The van der Waals surface area contributed by atoms with Gasteiger partial charge in [-0.15, -0.1) is 5.10 Å². The molecule has 0 aliphatic carbocycles. The zero-order valence-electron chi connectivity index (χ0n) is 8.93. The molecule has 0 saturated heterocycles. The molecule has 0 saturated carbocycles. The Morgan fingerprint density at radius 2 is 1.93 bits per heavy atom. The number of aromatic nitrogens is 3. The van der Waals surface area contributed by atoms with Crippen molar-refractivity contribution in [2.24, 2.45) is 0 Å². The summed E-state index contributed by atoms with van der Waals surface area (Å²) in [5.74, 6) is 0. The average Bonchev–Trinajstić information content (AvgIpc) is 2.76.